The third kappa shape index (κ3) is 2.18. The van der Waals surface area contributed by atoms with Crippen molar-refractivity contribution in [3.8, 4) is 0 Å². The number of esters is 1. The molecule has 14 heavy (non-hydrogen) atoms. The van der Waals surface area contributed by atoms with Crippen molar-refractivity contribution in [3.05, 3.63) is 23.5 Å². The fraction of sp³-hybridized carbons (Fsp3) is 0.286. The van der Waals surface area contributed by atoms with E-state index in [2.05, 4.69) is 14.9 Å². The average Bonchev–Trinajstić information content (AvgIpc) is 2.15. The van der Waals surface area contributed by atoms with Crippen LogP contribution >= 0.6 is 0 Å². The van der Waals surface area contributed by atoms with E-state index in [1.165, 1.54) is 0 Å². The zero-order valence-corrected chi connectivity index (χ0v) is 7.00. The van der Waals surface area contributed by atoms with Crippen LogP contribution in [-0.2, 0) is 10.9 Å². The summed E-state index contributed by atoms with van der Waals surface area (Å²) in [7, 11) is 1.07. The summed E-state index contributed by atoms with van der Waals surface area (Å²) in [5.74, 6) is -0.884. The third-order valence-corrected chi connectivity index (χ3v) is 1.37. The molecular weight excluding hydrogens is 201 g/mol. The molecule has 1 aromatic heterocycles. The van der Waals surface area contributed by atoms with E-state index in [0.29, 0.717) is 6.07 Å². The Morgan fingerprint density at radius 1 is 1.50 bits per heavy atom. The van der Waals surface area contributed by atoms with Gasteiger partial charge >= 0.3 is 12.1 Å². The Hall–Kier alpha value is -1.66. The van der Waals surface area contributed by atoms with E-state index in [-0.39, 0.29) is 5.56 Å². The number of nitrogens with zero attached hydrogens (tertiary/aromatic N) is 2. The van der Waals surface area contributed by atoms with Crippen LogP contribution in [0.4, 0.5) is 13.2 Å². The normalized spacial score (nSPS) is 11.1. The molecule has 0 aliphatic heterocycles. The molecule has 0 fully saturated rings. The topological polar surface area (TPSA) is 52.1 Å². The van der Waals surface area contributed by atoms with Crippen LogP contribution in [0.1, 0.15) is 16.1 Å². The number of carbonyl (C=O) groups excluding carboxylic acids is 1. The Bertz CT molecular complexity index is 351. The molecule has 0 bridgehead atoms. The van der Waals surface area contributed by atoms with Crippen molar-refractivity contribution in [2.24, 2.45) is 0 Å². The van der Waals surface area contributed by atoms with E-state index in [1.807, 2.05) is 0 Å². The lowest BCUT2D eigenvalue weighted by Gasteiger charge is -2.04. The number of methoxy groups -OCH3 is 1. The minimum absolute atomic E-state index is 0.283. The zero-order valence-electron chi connectivity index (χ0n) is 7.00. The predicted molar refractivity (Wildman–Crippen MR) is 38.4 cm³/mol. The van der Waals surface area contributed by atoms with Gasteiger partial charge in [0.15, 0.2) is 5.69 Å². The molecule has 0 atom stereocenters. The summed E-state index contributed by atoms with van der Waals surface area (Å²) in [6.45, 7) is 0. The van der Waals surface area contributed by atoms with Gasteiger partial charge in [-0.25, -0.2) is 4.79 Å². The summed E-state index contributed by atoms with van der Waals surface area (Å²) in [6.07, 6.45) is -3.71. The Kier molecular flexibility index (Phi) is 2.68. The average molecular weight is 206 g/mol. The molecule has 0 saturated carbocycles. The Morgan fingerprint density at radius 3 is 2.64 bits per heavy atom. The van der Waals surface area contributed by atoms with Gasteiger partial charge in [0.05, 0.1) is 18.9 Å². The molecule has 0 radical (unpaired) electrons. The maximum Gasteiger partial charge on any atom is 0.435 e. The maximum atomic E-state index is 12.1. The first-order valence-corrected chi connectivity index (χ1v) is 3.43. The van der Waals surface area contributed by atoms with E-state index < -0.39 is 17.8 Å². The van der Waals surface area contributed by atoms with Crippen LogP contribution in [0.15, 0.2) is 12.3 Å². The molecule has 7 heteroatoms. The van der Waals surface area contributed by atoms with Gasteiger partial charge in [0.2, 0.25) is 0 Å². The molecule has 1 heterocycles. The number of carbonyl (C=O) groups is 1. The Balaban J connectivity index is 3.08. The van der Waals surface area contributed by atoms with Crippen LogP contribution in [0.25, 0.3) is 0 Å². The van der Waals surface area contributed by atoms with Crippen molar-refractivity contribution in [1.82, 2.24) is 10.2 Å². The van der Waals surface area contributed by atoms with E-state index in [4.69, 9.17) is 0 Å². The molecular formula is C7H5F3N2O2. The molecule has 0 N–H and O–H groups in total. The van der Waals surface area contributed by atoms with Crippen molar-refractivity contribution >= 4 is 5.97 Å². The SMILES string of the molecule is COC(=O)c1cnnc(C(F)(F)F)c1. The largest absolute Gasteiger partial charge is 0.465 e. The molecule has 1 rings (SSSR count). The molecule has 0 unspecified atom stereocenters. The number of hydrogen-bond donors (Lipinski definition) is 0. The first kappa shape index (κ1) is 10.4. The maximum absolute atomic E-state index is 12.1. The summed E-state index contributed by atoms with van der Waals surface area (Å²) in [5, 5.41) is 5.89. The molecule has 0 aliphatic rings. The van der Waals surface area contributed by atoms with Gasteiger partial charge in [0.25, 0.3) is 0 Å². The molecule has 76 valence electrons. The predicted octanol–water partition coefficient (Wildman–Crippen LogP) is 1.28. The highest BCUT2D eigenvalue weighted by molar-refractivity contribution is 5.88. The minimum Gasteiger partial charge on any atom is -0.465 e. The van der Waals surface area contributed by atoms with Gasteiger partial charge in [-0.15, -0.1) is 5.10 Å². The summed E-state index contributed by atoms with van der Waals surface area (Å²) in [4.78, 5) is 10.8. The van der Waals surface area contributed by atoms with Gasteiger partial charge in [-0.3, -0.25) is 0 Å². The van der Waals surface area contributed by atoms with Crippen LogP contribution in [0, 0.1) is 0 Å². The van der Waals surface area contributed by atoms with Crippen LogP contribution in [-0.4, -0.2) is 23.3 Å². The fourth-order valence-corrected chi connectivity index (χ4v) is 0.735. The van der Waals surface area contributed by atoms with Gasteiger partial charge < -0.3 is 4.74 Å². The number of aromatic nitrogens is 2. The second kappa shape index (κ2) is 3.60. The smallest absolute Gasteiger partial charge is 0.435 e. The van der Waals surface area contributed by atoms with Crippen LogP contribution in [0.3, 0.4) is 0 Å². The van der Waals surface area contributed by atoms with Crippen molar-refractivity contribution in [2.45, 2.75) is 6.18 Å². The third-order valence-electron chi connectivity index (χ3n) is 1.37. The number of ether oxygens (including phenoxy) is 1. The number of halogens is 3. The highest BCUT2D eigenvalue weighted by Crippen LogP contribution is 2.27. The van der Waals surface area contributed by atoms with Gasteiger partial charge in [0, 0.05) is 0 Å². The molecule has 0 aliphatic carbocycles. The van der Waals surface area contributed by atoms with E-state index in [9.17, 15) is 18.0 Å². The first-order chi connectivity index (χ1) is 6.45. The first-order valence-electron chi connectivity index (χ1n) is 3.43. The Labute approximate surface area is 76.7 Å². The lowest BCUT2D eigenvalue weighted by Crippen LogP contribution is -2.12. The van der Waals surface area contributed by atoms with Crippen molar-refractivity contribution in [3.63, 3.8) is 0 Å². The summed E-state index contributed by atoms with van der Waals surface area (Å²) in [5.41, 5.74) is -1.50. The van der Waals surface area contributed by atoms with Gasteiger partial charge in [0.1, 0.15) is 0 Å². The highest BCUT2D eigenvalue weighted by atomic mass is 19.4. The van der Waals surface area contributed by atoms with Crippen molar-refractivity contribution < 1.29 is 22.7 Å². The molecule has 4 nitrogen and oxygen atoms in total. The van der Waals surface area contributed by atoms with E-state index >= 15 is 0 Å². The van der Waals surface area contributed by atoms with Crippen LogP contribution in [0.2, 0.25) is 0 Å². The quantitative estimate of drug-likeness (QED) is 0.649. The van der Waals surface area contributed by atoms with Crippen molar-refractivity contribution in [1.29, 1.82) is 0 Å². The highest BCUT2D eigenvalue weighted by Gasteiger charge is 2.33. The van der Waals surface area contributed by atoms with E-state index in [0.717, 1.165) is 13.3 Å². The lowest BCUT2D eigenvalue weighted by atomic mass is 10.2. The minimum atomic E-state index is -4.61. The molecule has 1 aromatic rings. The van der Waals surface area contributed by atoms with E-state index in [1.54, 1.807) is 0 Å². The number of rotatable bonds is 1. The van der Waals surface area contributed by atoms with Gasteiger partial charge in [-0.2, -0.15) is 18.3 Å². The van der Waals surface area contributed by atoms with Crippen LogP contribution < -0.4 is 0 Å². The zero-order chi connectivity index (χ0) is 10.8. The standard InChI is InChI=1S/C7H5F3N2O2/c1-14-6(13)4-2-5(7(8,9)10)12-11-3-4/h2-3H,1H3. The summed E-state index contributed by atoms with van der Waals surface area (Å²) in [6, 6.07) is 0.582. The van der Waals surface area contributed by atoms with Gasteiger partial charge in [-0.1, -0.05) is 0 Å². The fourth-order valence-electron chi connectivity index (χ4n) is 0.735. The number of alkyl halides is 3. The molecule has 0 aromatic carbocycles. The second-order valence-corrected chi connectivity index (χ2v) is 2.32. The Morgan fingerprint density at radius 2 is 2.14 bits per heavy atom. The van der Waals surface area contributed by atoms with Crippen LogP contribution in [0.5, 0.6) is 0 Å². The molecule has 0 amide bonds. The number of hydrogen-bond acceptors (Lipinski definition) is 4. The monoisotopic (exact) mass is 206 g/mol. The summed E-state index contributed by atoms with van der Waals surface area (Å²) < 4.78 is 40.5. The summed E-state index contributed by atoms with van der Waals surface area (Å²) >= 11 is 0. The molecule has 0 saturated heterocycles. The lowest BCUT2D eigenvalue weighted by molar-refractivity contribution is -0.141. The molecule has 0 spiro atoms. The van der Waals surface area contributed by atoms with Crippen molar-refractivity contribution in [2.75, 3.05) is 7.11 Å². The van der Waals surface area contributed by atoms with Gasteiger partial charge in [-0.05, 0) is 6.07 Å². The second-order valence-electron chi connectivity index (χ2n) is 2.32.